The third kappa shape index (κ3) is 3.07. The number of nitrogens with zero attached hydrogens (tertiary/aromatic N) is 2. The second-order valence-corrected chi connectivity index (χ2v) is 5.79. The van der Waals surface area contributed by atoms with Crippen LogP contribution in [0, 0.1) is 6.92 Å². The van der Waals surface area contributed by atoms with E-state index in [9.17, 15) is 0 Å². The molecule has 0 bridgehead atoms. The number of thioether (sulfide) groups is 1. The van der Waals surface area contributed by atoms with Crippen LogP contribution in [0.3, 0.4) is 0 Å². The molecule has 1 aliphatic rings. The van der Waals surface area contributed by atoms with Crippen LogP contribution in [0.5, 0.6) is 0 Å². The summed E-state index contributed by atoms with van der Waals surface area (Å²) in [7, 11) is 0. The predicted molar refractivity (Wildman–Crippen MR) is 79.5 cm³/mol. The normalized spacial score (nSPS) is 23.1. The molecule has 2 rings (SSSR count). The molecule has 1 fully saturated rings. The monoisotopic (exact) mass is 266 g/mol. The second kappa shape index (κ2) is 6.27. The minimum absolute atomic E-state index is 0.545. The lowest BCUT2D eigenvalue weighted by atomic mass is 10.2. The van der Waals surface area contributed by atoms with Gasteiger partial charge in [0.2, 0.25) is 5.95 Å². The number of nitrogens with one attached hydrogen (secondary N) is 2. The molecule has 4 nitrogen and oxygen atoms in total. The maximum atomic E-state index is 4.55. The Bertz CT molecular complexity index is 397. The molecule has 2 atom stereocenters. The molecule has 1 heterocycles. The van der Waals surface area contributed by atoms with Crippen molar-refractivity contribution in [1.82, 2.24) is 9.97 Å². The first kappa shape index (κ1) is 13.5. The van der Waals surface area contributed by atoms with Crippen LogP contribution in [-0.4, -0.2) is 34.1 Å². The summed E-state index contributed by atoms with van der Waals surface area (Å²) < 4.78 is 0. The van der Waals surface area contributed by atoms with Crippen LogP contribution in [0.25, 0.3) is 0 Å². The van der Waals surface area contributed by atoms with Gasteiger partial charge in [0.25, 0.3) is 0 Å². The number of aryl methyl sites for hydroxylation is 1. The van der Waals surface area contributed by atoms with E-state index in [0.717, 1.165) is 17.9 Å². The van der Waals surface area contributed by atoms with Crippen molar-refractivity contribution >= 4 is 23.5 Å². The molecule has 0 amide bonds. The zero-order valence-electron chi connectivity index (χ0n) is 11.4. The zero-order chi connectivity index (χ0) is 13.0. The Morgan fingerprint density at radius 2 is 2.28 bits per heavy atom. The molecule has 1 saturated carbocycles. The van der Waals surface area contributed by atoms with Crippen molar-refractivity contribution in [2.75, 3.05) is 23.4 Å². The standard InChI is InChI=1S/C13H22N4S/c1-4-14-13-15-8-9(2)12(17-13)16-10-6-5-7-11(10)18-3/h8,10-11H,4-7H2,1-3H3,(H2,14,15,16,17). The van der Waals surface area contributed by atoms with Gasteiger partial charge in [-0.15, -0.1) is 0 Å². The zero-order valence-corrected chi connectivity index (χ0v) is 12.2. The number of aromatic nitrogens is 2. The van der Waals surface area contributed by atoms with Gasteiger partial charge in [0.1, 0.15) is 5.82 Å². The molecule has 100 valence electrons. The average Bonchev–Trinajstić information content (AvgIpc) is 2.81. The SMILES string of the molecule is CCNc1ncc(C)c(NC2CCCC2SC)n1. The summed E-state index contributed by atoms with van der Waals surface area (Å²) in [5.41, 5.74) is 1.11. The molecule has 1 aromatic rings. The van der Waals surface area contributed by atoms with E-state index in [1.807, 2.05) is 18.0 Å². The minimum Gasteiger partial charge on any atom is -0.366 e. The lowest BCUT2D eigenvalue weighted by Gasteiger charge is -2.21. The summed E-state index contributed by atoms with van der Waals surface area (Å²) in [6.45, 7) is 4.96. The number of rotatable bonds is 5. The highest BCUT2D eigenvalue weighted by Gasteiger charge is 2.26. The van der Waals surface area contributed by atoms with Crippen LogP contribution >= 0.6 is 11.8 Å². The van der Waals surface area contributed by atoms with Crippen molar-refractivity contribution in [3.63, 3.8) is 0 Å². The third-order valence-corrected chi connectivity index (χ3v) is 4.55. The van der Waals surface area contributed by atoms with E-state index < -0.39 is 0 Å². The Morgan fingerprint density at radius 1 is 1.44 bits per heavy atom. The van der Waals surface area contributed by atoms with Gasteiger partial charge in [0, 0.05) is 29.6 Å². The summed E-state index contributed by atoms with van der Waals surface area (Å²) in [4.78, 5) is 8.83. The maximum absolute atomic E-state index is 4.55. The first-order valence-electron chi connectivity index (χ1n) is 6.61. The molecule has 0 aromatic carbocycles. The summed E-state index contributed by atoms with van der Waals surface area (Å²) in [6.07, 6.45) is 7.94. The molecule has 2 unspecified atom stereocenters. The number of hydrogen-bond acceptors (Lipinski definition) is 5. The summed E-state index contributed by atoms with van der Waals surface area (Å²) >= 11 is 1.96. The largest absolute Gasteiger partial charge is 0.366 e. The quantitative estimate of drug-likeness (QED) is 0.858. The van der Waals surface area contributed by atoms with Crippen molar-refractivity contribution < 1.29 is 0 Å². The molecular weight excluding hydrogens is 244 g/mol. The lowest BCUT2D eigenvalue weighted by Crippen LogP contribution is -2.27. The molecule has 0 saturated heterocycles. The van der Waals surface area contributed by atoms with E-state index in [4.69, 9.17) is 0 Å². The molecule has 0 radical (unpaired) electrons. The highest BCUT2D eigenvalue weighted by molar-refractivity contribution is 7.99. The van der Waals surface area contributed by atoms with E-state index in [-0.39, 0.29) is 0 Å². The Balaban J connectivity index is 2.09. The van der Waals surface area contributed by atoms with Gasteiger partial charge in [0.15, 0.2) is 0 Å². The van der Waals surface area contributed by atoms with Crippen molar-refractivity contribution in [1.29, 1.82) is 0 Å². The smallest absolute Gasteiger partial charge is 0.224 e. The predicted octanol–water partition coefficient (Wildman–Crippen LogP) is 2.91. The van der Waals surface area contributed by atoms with Crippen LogP contribution in [0.15, 0.2) is 6.20 Å². The molecule has 1 aromatic heterocycles. The highest BCUT2D eigenvalue weighted by Crippen LogP contribution is 2.31. The highest BCUT2D eigenvalue weighted by atomic mass is 32.2. The van der Waals surface area contributed by atoms with E-state index in [1.54, 1.807) is 0 Å². The van der Waals surface area contributed by atoms with Gasteiger partial charge < -0.3 is 10.6 Å². The minimum atomic E-state index is 0.545. The van der Waals surface area contributed by atoms with Crippen LogP contribution in [0.2, 0.25) is 0 Å². The molecule has 2 N–H and O–H groups in total. The van der Waals surface area contributed by atoms with Crippen molar-refractivity contribution in [2.45, 2.75) is 44.4 Å². The lowest BCUT2D eigenvalue weighted by molar-refractivity contribution is 0.761. The van der Waals surface area contributed by atoms with Gasteiger partial charge in [-0.25, -0.2) is 4.98 Å². The van der Waals surface area contributed by atoms with Crippen LogP contribution in [-0.2, 0) is 0 Å². The van der Waals surface area contributed by atoms with Crippen molar-refractivity contribution in [2.24, 2.45) is 0 Å². The molecule has 18 heavy (non-hydrogen) atoms. The van der Waals surface area contributed by atoms with Gasteiger partial charge in [-0.3, -0.25) is 0 Å². The van der Waals surface area contributed by atoms with E-state index in [0.29, 0.717) is 17.2 Å². The van der Waals surface area contributed by atoms with Gasteiger partial charge in [-0.05, 0) is 32.9 Å². The summed E-state index contributed by atoms with van der Waals surface area (Å²) in [5, 5.41) is 7.46. The van der Waals surface area contributed by atoms with Crippen LogP contribution in [0.1, 0.15) is 31.7 Å². The van der Waals surface area contributed by atoms with E-state index in [2.05, 4.69) is 40.7 Å². The fourth-order valence-corrected chi connectivity index (χ4v) is 3.32. The van der Waals surface area contributed by atoms with Crippen molar-refractivity contribution in [3.05, 3.63) is 11.8 Å². The van der Waals surface area contributed by atoms with E-state index >= 15 is 0 Å². The first-order valence-corrected chi connectivity index (χ1v) is 7.90. The molecule has 5 heteroatoms. The number of hydrogen-bond donors (Lipinski definition) is 2. The Kier molecular flexibility index (Phi) is 4.69. The van der Waals surface area contributed by atoms with Gasteiger partial charge in [-0.2, -0.15) is 16.7 Å². The third-order valence-electron chi connectivity index (χ3n) is 3.38. The van der Waals surface area contributed by atoms with E-state index in [1.165, 1.54) is 19.3 Å². The first-order chi connectivity index (χ1) is 8.74. The Hall–Kier alpha value is -0.970. The van der Waals surface area contributed by atoms with Crippen LogP contribution < -0.4 is 10.6 Å². The summed E-state index contributed by atoms with van der Waals surface area (Å²) in [5.74, 6) is 1.69. The molecular formula is C13H22N4S. The Labute approximate surface area is 113 Å². The molecule has 0 spiro atoms. The fraction of sp³-hybridized carbons (Fsp3) is 0.692. The fourth-order valence-electron chi connectivity index (χ4n) is 2.38. The van der Waals surface area contributed by atoms with Crippen LogP contribution in [0.4, 0.5) is 11.8 Å². The topological polar surface area (TPSA) is 49.8 Å². The van der Waals surface area contributed by atoms with Gasteiger partial charge in [-0.1, -0.05) is 6.42 Å². The van der Waals surface area contributed by atoms with Gasteiger partial charge in [0.05, 0.1) is 0 Å². The second-order valence-electron chi connectivity index (χ2n) is 4.71. The maximum Gasteiger partial charge on any atom is 0.224 e. The molecule has 0 aliphatic heterocycles. The summed E-state index contributed by atoms with van der Waals surface area (Å²) in [6, 6.07) is 0.545. The number of anilines is 2. The average molecular weight is 266 g/mol. The Morgan fingerprint density at radius 3 is 3.00 bits per heavy atom. The van der Waals surface area contributed by atoms with Gasteiger partial charge >= 0.3 is 0 Å². The van der Waals surface area contributed by atoms with Crippen molar-refractivity contribution in [3.8, 4) is 0 Å². The molecule has 1 aliphatic carbocycles.